The van der Waals surface area contributed by atoms with E-state index in [0.717, 1.165) is 0 Å². The van der Waals surface area contributed by atoms with E-state index in [1.165, 1.54) is 19.2 Å². The Bertz CT molecular complexity index is 547. The van der Waals surface area contributed by atoms with Crippen molar-refractivity contribution in [3.8, 4) is 17.6 Å². The van der Waals surface area contributed by atoms with E-state index < -0.39 is 14.8 Å². The van der Waals surface area contributed by atoms with Gasteiger partial charge in [-0.25, -0.2) is 8.42 Å². The van der Waals surface area contributed by atoms with E-state index >= 15 is 0 Å². The molecule has 0 spiro atoms. The molecule has 1 aromatic rings. The second-order valence-electron chi connectivity index (χ2n) is 2.98. The first-order valence-electron chi connectivity index (χ1n) is 4.09. The third-order valence-electron chi connectivity index (χ3n) is 1.85. The molecule has 0 aliphatic heterocycles. The molecule has 0 heterocycles. The van der Waals surface area contributed by atoms with Crippen molar-refractivity contribution in [3.63, 3.8) is 0 Å². The Hall–Kier alpha value is -1.45. The normalized spacial score (nSPS) is 10.8. The van der Waals surface area contributed by atoms with Crippen LogP contribution in [0.4, 0.5) is 0 Å². The molecular formula is C9H8ClNO4S. The molecule has 1 N–H and O–H groups in total. The fourth-order valence-electron chi connectivity index (χ4n) is 1.17. The lowest BCUT2D eigenvalue weighted by Crippen LogP contribution is -1.98. The van der Waals surface area contributed by atoms with Crippen LogP contribution in [0.1, 0.15) is 11.1 Å². The van der Waals surface area contributed by atoms with Gasteiger partial charge in [0, 0.05) is 22.3 Å². The maximum absolute atomic E-state index is 10.8. The number of phenols is 1. The molecule has 0 aliphatic carbocycles. The molecule has 1 rings (SSSR count). The van der Waals surface area contributed by atoms with Crippen LogP contribution in [-0.2, 0) is 14.8 Å². The highest BCUT2D eigenvalue weighted by Crippen LogP contribution is 2.29. The molecule has 7 heteroatoms. The largest absolute Gasteiger partial charge is 0.507 e. The molecule has 0 amide bonds. The number of benzene rings is 1. The summed E-state index contributed by atoms with van der Waals surface area (Å²) in [5.74, 6) is -0.644. The Morgan fingerprint density at radius 2 is 2.19 bits per heavy atom. The molecule has 0 saturated carbocycles. The minimum atomic E-state index is -3.78. The van der Waals surface area contributed by atoms with Crippen molar-refractivity contribution < 1.29 is 18.3 Å². The number of rotatable bonds is 3. The molecular weight excluding hydrogens is 254 g/mol. The second kappa shape index (κ2) is 4.60. The number of ether oxygens (including phenoxy) is 1. The summed E-state index contributed by atoms with van der Waals surface area (Å²) in [5, 5.41) is 18.3. The van der Waals surface area contributed by atoms with Crippen LogP contribution in [0.25, 0.3) is 0 Å². The number of aromatic hydroxyl groups is 1. The minimum Gasteiger partial charge on any atom is -0.507 e. The first kappa shape index (κ1) is 12.6. The fraction of sp³-hybridized carbons (Fsp3) is 0.222. The van der Waals surface area contributed by atoms with E-state index in [-0.39, 0.29) is 22.6 Å². The predicted molar refractivity (Wildman–Crippen MR) is 57.9 cm³/mol. The van der Waals surface area contributed by atoms with Crippen LogP contribution in [0.2, 0.25) is 0 Å². The van der Waals surface area contributed by atoms with Gasteiger partial charge in [0.15, 0.2) is 0 Å². The van der Waals surface area contributed by atoms with E-state index in [1.807, 2.05) is 6.07 Å². The summed E-state index contributed by atoms with van der Waals surface area (Å²) in [5.41, 5.74) is 0.197. The van der Waals surface area contributed by atoms with E-state index in [1.54, 1.807) is 0 Å². The summed E-state index contributed by atoms with van der Waals surface area (Å²) in [4.78, 5) is 0. The summed E-state index contributed by atoms with van der Waals surface area (Å²) >= 11 is 0. The van der Waals surface area contributed by atoms with Gasteiger partial charge in [0.05, 0.1) is 18.4 Å². The molecule has 1 aromatic carbocycles. The molecule has 0 bridgehead atoms. The van der Waals surface area contributed by atoms with Gasteiger partial charge in [-0.3, -0.25) is 0 Å². The zero-order chi connectivity index (χ0) is 12.3. The van der Waals surface area contributed by atoms with Crippen LogP contribution in [0, 0.1) is 11.3 Å². The average Bonchev–Trinajstić information content (AvgIpc) is 2.18. The Kier molecular flexibility index (Phi) is 3.62. The lowest BCUT2D eigenvalue weighted by atomic mass is 10.1. The van der Waals surface area contributed by atoms with Crippen molar-refractivity contribution in [2.75, 3.05) is 7.11 Å². The van der Waals surface area contributed by atoms with Gasteiger partial charge >= 0.3 is 0 Å². The van der Waals surface area contributed by atoms with Crippen LogP contribution < -0.4 is 4.74 Å². The second-order valence-corrected chi connectivity index (χ2v) is 5.75. The fourth-order valence-corrected chi connectivity index (χ4v) is 2.13. The Labute approximate surface area is 97.3 Å². The van der Waals surface area contributed by atoms with Crippen molar-refractivity contribution in [1.29, 1.82) is 5.26 Å². The molecule has 0 aliphatic rings. The summed E-state index contributed by atoms with van der Waals surface area (Å²) in [6, 6.07) is 4.23. The summed E-state index contributed by atoms with van der Waals surface area (Å²) in [6.07, 6.45) is 0. The van der Waals surface area contributed by atoms with Gasteiger partial charge in [0.2, 0.25) is 9.05 Å². The Morgan fingerprint density at radius 1 is 1.56 bits per heavy atom. The predicted octanol–water partition coefficient (Wildman–Crippen LogP) is 1.34. The molecule has 0 atom stereocenters. The van der Waals surface area contributed by atoms with Crippen LogP contribution in [0.15, 0.2) is 12.1 Å². The molecule has 0 radical (unpaired) electrons. The average molecular weight is 262 g/mol. The maximum atomic E-state index is 10.8. The van der Waals surface area contributed by atoms with Crippen LogP contribution >= 0.6 is 10.7 Å². The van der Waals surface area contributed by atoms with Gasteiger partial charge in [-0.05, 0) is 6.07 Å². The van der Waals surface area contributed by atoms with E-state index in [4.69, 9.17) is 20.7 Å². The first-order chi connectivity index (χ1) is 7.37. The van der Waals surface area contributed by atoms with E-state index in [9.17, 15) is 13.5 Å². The highest BCUT2D eigenvalue weighted by atomic mass is 35.7. The van der Waals surface area contributed by atoms with Gasteiger partial charge in [0.1, 0.15) is 17.6 Å². The molecule has 86 valence electrons. The van der Waals surface area contributed by atoms with Gasteiger partial charge in [0.25, 0.3) is 0 Å². The number of phenolic OH excluding ortho intramolecular Hbond substituents is 1. The molecule has 16 heavy (non-hydrogen) atoms. The number of methoxy groups -OCH3 is 1. The van der Waals surface area contributed by atoms with Crippen molar-refractivity contribution in [3.05, 3.63) is 23.3 Å². The number of nitrogens with zero attached hydrogens (tertiary/aromatic N) is 1. The molecule has 0 fully saturated rings. The van der Waals surface area contributed by atoms with Gasteiger partial charge < -0.3 is 9.84 Å². The van der Waals surface area contributed by atoms with Crippen molar-refractivity contribution in [2.24, 2.45) is 0 Å². The lowest BCUT2D eigenvalue weighted by Gasteiger charge is -2.07. The van der Waals surface area contributed by atoms with Crippen LogP contribution in [0.5, 0.6) is 11.5 Å². The highest BCUT2D eigenvalue weighted by molar-refractivity contribution is 8.13. The van der Waals surface area contributed by atoms with Crippen LogP contribution in [0.3, 0.4) is 0 Å². The van der Waals surface area contributed by atoms with E-state index in [0.29, 0.717) is 0 Å². The summed E-state index contributed by atoms with van der Waals surface area (Å²) < 4.78 is 26.5. The lowest BCUT2D eigenvalue weighted by molar-refractivity contribution is 0.405. The quantitative estimate of drug-likeness (QED) is 0.830. The van der Waals surface area contributed by atoms with Crippen molar-refractivity contribution >= 4 is 19.7 Å². The summed E-state index contributed by atoms with van der Waals surface area (Å²) in [7, 11) is 2.61. The number of halogens is 1. The topological polar surface area (TPSA) is 87.4 Å². The number of nitriles is 1. The zero-order valence-electron chi connectivity index (χ0n) is 8.27. The SMILES string of the molecule is COc1cc(O)c(CS(=O)(=O)Cl)cc1C#N. The van der Waals surface area contributed by atoms with Crippen molar-refractivity contribution in [2.45, 2.75) is 5.75 Å². The van der Waals surface area contributed by atoms with Gasteiger partial charge in [-0.2, -0.15) is 5.26 Å². The highest BCUT2D eigenvalue weighted by Gasteiger charge is 2.15. The van der Waals surface area contributed by atoms with Gasteiger partial charge in [-0.15, -0.1) is 0 Å². The molecule has 0 aromatic heterocycles. The van der Waals surface area contributed by atoms with Crippen LogP contribution in [-0.4, -0.2) is 20.6 Å². The Morgan fingerprint density at radius 3 is 2.62 bits per heavy atom. The monoisotopic (exact) mass is 261 g/mol. The molecule has 0 unspecified atom stereocenters. The third kappa shape index (κ3) is 3.02. The molecule has 0 saturated heterocycles. The third-order valence-corrected chi connectivity index (χ3v) is 2.83. The number of hydrogen-bond donors (Lipinski definition) is 1. The van der Waals surface area contributed by atoms with Crippen molar-refractivity contribution in [1.82, 2.24) is 0 Å². The smallest absolute Gasteiger partial charge is 0.236 e. The standard InChI is InChI=1S/C9H8ClNO4S/c1-15-9-3-8(12)7(2-6(9)4-11)5-16(10,13)14/h2-3,12H,5H2,1H3. The minimum absolute atomic E-state index is 0.0624. The maximum Gasteiger partial charge on any atom is 0.236 e. The van der Waals surface area contributed by atoms with Gasteiger partial charge in [-0.1, -0.05) is 0 Å². The molecule has 5 nitrogen and oxygen atoms in total. The summed E-state index contributed by atoms with van der Waals surface area (Å²) in [6.45, 7) is 0. The Balaban J connectivity index is 3.28. The van der Waals surface area contributed by atoms with E-state index in [2.05, 4.69) is 0 Å². The zero-order valence-corrected chi connectivity index (χ0v) is 9.84. The number of hydrogen-bond acceptors (Lipinski definition) is 5. The first-order valence-corrected chi connectivity index (χ1v) is 6.57.